The van der Waals surface area contributed by atoms with E-state index in [9.17, 15) is 19.1 Å². The molecular weight excluding hydrogens is 449 g/mol. The zero-order chi connectivity index (χ0) is 23.5. The molecule has 2 N–H and O–H groups in total. The van der Waals surface area contributed by atoms with Gasteiger partial charge in [0.25, 0.3) is 0 Å². The van der Waals surface area contributed by atoms with Gasteiger partial charge in [-0.15, -0.1) is 0 Å². The van der Waals surface area contributed by atoms with Gasteiger partial charge >= 0.3 is 12.1 Å². The predicted octanol–water partition coefficient (Wildman–Crippen LogP) is 5.31. The Kier molecular flexibility index (Phi) is 6.46. The number of hydrogen-bond acceptors (Lipinski definition) is 5. The lowest BCUT2D eigenvalue weighted by Crippen LogP contribution is -2.35. The first kappa shape index (κ1) is 22.5. The molecule has 1 amide bonds. The Bertz CT molecular complexity index is 1190. The first-order chi connectivity index (χ1) is 15.8. The van der Waals surface area contributed by atoms with Gasteiger partial charge in [0.1, 0.15) is 17.6 Å². The van der Waals surface area contributed by atoms with E-state index >= 15 is 0 Å². The molecule has 2 heterocycles. The van der Waals surface area contributed by atoms with E-state index in [1.807, 2.05) is 30.3 Å². The largest absolute Gasteiger partial charge is 0.476 e. The van der Waals surface area contributed by atoms with Crippen molar-refractivity contribution in [2.75, 3.05) is 16.8 Å². The van der Waals surface area contributed by atoms with Crippen LogP contribution in [0.3, 0.4) is 0 Å². The number of carbonyl (C=O) groups is 2. The van der Waals surface area contributed by atoms with Crippen LogP contribution < -0.4 is 10.2 Å². The van der Waals surface area contributed by atoms with Crippen molar-refractivity contribution >= 4 is 35.0 Å². The number of carboxylic acids is 1. The second-order valence-corrected chi connectivity index (χ2v) is 8.12. The average Bonchev–Trinajstić information content (AvgIpc) is 3.14. The summed E-state index contributed by atoms with van der Waals surface area (Å²) in [6, 6.07) is 16.2. The molecule has 0 aliphatic carbocycles. The number of anilines is 2. The SMILES string of the molecule is CC(Nc1ccc(Cl)nc1C(=O)O)c1cc(F)cc(N2C(=O)OC[C@@H]2Cc2ccccc2)c1. The normalized spacial score (nSPS) is 16.4. The number of carboxylic acid groups (broad SMARTS) is 1. The highest BCUT2D eigenvalue weighted by Crippen LogP contribution is 2.31. The molecule has 1 aliphatic heterocycles. The van der Waals surface area contributed by atoms with Crippen LogP contribution in [-0.4, -0.2) is 34.8 Å². The average molecular weight is 470 g/mol. The standard InChI is InChI=1S/C24H21ClFN3O4/c1-14(27-20-7-8-21(25)28-22(20)23(30)31)16-10-17(26)12-18(11-16)29-19(13-33-24(29)32)9-15-5-3-2-4-6-15/h2-8,10-12,14,19,27H,9,13H2,1H3,(H,30,31)/t14?,19-/m0/s1. The molecule has 3 aromatic rings. The molecular formula is C24H21ClFN3O4. The summed E-state index contributed by atoms with van der Waals surface area (Å²) in [6.45, 7) is 1.95. The topological polar surface area (TPSA) is 91.8 Å². The fourth-order valence-electron chi connectivity index (χ4n) is 3.83. The van der Waals surface area contributed by atoms with Gasteiger partial charge in [-0.2, -0.15) is 0 Å². The van der Waals surface area contributed by atoms with Crippen molar-refractivity contribution < 1.29 is 23.8 Å². The van der Waals surface area contributed by atoms with Crippen molar-refractivity contribution in [3.05, 3.63) is 88.5 Å². The van der Waals surface area contributed by atoms with E-state index in [2.05, 4.69) is 10.3 Å². The molecule has 33 heavy (non-hydrogen) atoms. The van der Waals surface area contributed by atoms with E-state index in [0.29, 0.717) is 17.7 Å². The molecule has 2 aromatic carbocycles. The molecule has 7 nitrogen and oxygen atoms in total. The maximum Gasteiger partial charge on any atom is 0.414 e. The van der Waals surface area contributed by atoms with Crippen LogP contribution in [0.15, 0.2) is 60.7 Å². The second-order valence-electron chi connectivity index (χ2n) is 7.73. The van der Waals surface area contributed by atoms with Gasteiger partial charge in [0.2, 0.25) is 0 Å². The van der Waals surface area contributed by atoms with Crippen LogP contribution in [0, 0.1) is 5.82 Å². The van der Waals surface area contributed by atoms with E-state index in [4.69, 9.17) is 16.3 Å². The number of amides is 1. The summed E-state index contributed by atoms with van der Waals surface area (Å²) < 4.78 is 19.8. The number of rotatable bonds is 7. The van der Waals surface area contributed by atoms with Crippen molar-refractivity contribution in [3.8, 4) is 0 Å². The third-order valence-corrected chi connectivity index (χ3v) is 5.60. The first-order valence-corrected chi connectivity index (χ1v) is 10.7. The summed E-state index contributed by atoms with van der Waals surface area (Å²) in [7, 11) is 0. The number of nitrogens with zero attached hydrogens (tertiary/aromatic N) is 2. The number of aromatic nitrogens is 1. The van der Waals surface area contributed by atoms with E-state index < -0.39 is 23.9 Å². The highest BCUT2D eigenvalue weighted by Gasteiger charge is 2.35. The van der Waals surface area contributed by atoms with Gasteiger partial charge in [0, 0.05) is 6.04 Å². The maximum atomic E-state index is 14.6. The summed E-state index contributed by atoms with van der Waals surface area (Å²) in [5, 5.41) is 12.5. The van der Waals surface area contributed by atoms with Crippen LogP contribution in [-0.2, 0) is 11.2 Å². The lowest BCUT2D eigenvalue weighted by molar-refractivity contribution is 0.0691. The zero-order valence-corrected chi connectivity index (χ0v) is 18.4. The molecule has 1 aliphatic rings. The van der Waals surface area contributed by atoms with Crippen LogP contribution in [0.25, 0.3) is 0 Å². The quantitative estimate of drug-likeness (QED) is 0.455. The van der Waals surface area contributed by atoms with E-state index in [-0.39, 0.29) is 29.2 Å². The monoisotopic (exact) mass is 469 g/mol. The summed E-state index contributed by atoms with van der Waals surface area (Å²) in [6.07, 6.45) is 0.0214. The molecule has 1 fully saturated rings. The highest BCUT2D eigenvalue weighted by molar-refractivity contribution is 6.29. The zero-order valence-electron chi connectivity index (χ0n) is 17.7. The smallest absolute Gasteiger partial charge is 0.414 e. The van der Waals surface area contributed by atoms with Gasteiger partial charge in [-0.1, -0.05) is 41.9 Å². The number of benzene rings is 2. The molecule has 0 saturated carbocycles. The van der Waals surface area contributed by atoms with E-state index in [1.165, 1.54) is 29.2 Å². The number of aromatic carboxylic acids is 1. The Labute approximate surface area is 194 Å². The van der Waals surface area contributed by atoms with Crippen LogP contribution in [0.4, 0.5) is 20.6 Å². The third-order valence-electron chi connectivity index (χ3n) is 5.39. The number of carbonyl (C=O) groups excluding carboxylic acids is 1. The third kappa shape index (κ3) is 5.06. The summed E-state index contributed by atoms with van der Waals surface area (Å²) in [5.41, 5.74) is 1.93. The van der Waals surface area contributed by atoms with Crippen molar-refractivity contribution in [1.29, 1.82) is 0 Å². The van der Waals surface area contributed by atoms with Crippen molar-refractivity contribution in [1.82, 2.24) is 4.98 Å². The number of hydrogen-bond donors (Lipinski definition) is 2. The predicted molar refractivity (Wildman–Crippen MR) is 122 cm³/mol. The summed E-state index contributed by atoms with van der Waals surface area (Å²) in [5.74, 6) is -1.77. The van der Waals surface area contributed by atoms with Crippen molar-refractivity contribution in [3.63, 3.8) is 0 Å². The number of halogens is 2. The Morgan fingerprint density at radius 3 is 2.76 bits per heavy atom. The minimum Gasteiger partial charge on any atom is -0.476 e. The van der Waals surface area contributed by atoms with Gasteiger partial charge in [0.15, 0.2) is 5.69 Å². The number of ether oxygens (including phenoxy) is 1. The van der Waals surface area contributed by atoms with E-state index in [1.54, 1.807) is 13.0 Å². The molecule has 1 unspecified atom stereocenters. The van der Waals surface area contributed by atoms with Crippen LogP contribution in [0.5, 0.6) is 0 Å². The maximum absolute atomic E-state index is 14.6. The molecule has 0 radical (unpaired) electrons. The van der Waals surface area contributed by atoms with Crippen molar-refractivity contribution in [2.45, 2.75) is 25.4 Å². The van der Waals surface area contributed by atoms with Gasteiger partial charge in [-0.25, -0.2) is 19.0 Å². The second kappa shape index (κ2) is 9.46. The van der Waals surface area contributed by atoms with Gasteiger partial charge in [-0.3, -0.25) is 4.90 Å². The molecule has 0 spiro atoms. The Balaban J connectivity index is 1.61. The Morgan fingerprint density at radius 2 is 2.03 bits per heavy atom. The number of cyclic esters (lactones) is 1. The molecule has 1 aromatic heterocycles. The fourth-order valence-corrected chi connectivity index (χ4v) is 3.98. The number of nitrogens with one attached hydrogen (secondary N) is 1. The van der Waals surface area contributed by atoms with Gasteiger partial charge < -0.3 is 15.2 Å². The van der Waals surface area contributed by atoms with Gasteiger partial charge in [0.05, 0.1) is 17.4 Å². The lowest BCUT2D eigenvalue weighted by atomic mass is 10.0. The summed E-state index contributed by atoms with van der Waals surface area (Å²) >= 11 is 5.81. The molecule has 0 bridgehead atoms. The minimum absolute atomic E-state index is 0.0515. The molecule has 170 valence electrons. The van der Waals surface area contributed by atoms with Gasteiger partial charge in [-0.05, 0) is 54.8 Å². The van der Waals surface area contributed by atoms with E-state index in [0.717, 1.165) is 5.56 Å². The highest BCUT2D eigenvalue weighted by atomic mass is 35.5. The molecule has 9 heteroatoms. The Morgan fingerprint density at radius 1 is 1.27 bits per heavy atom. The van der Waals surface area contributed by atoms with Crippen LogP contribution in [0.1, 0.15) is 34.6 Å². The fraction of sp³-hybridized carbons (Fsp3) is 0.208. The Hall–Kier alpha value is -3.65. The minimum atomic E-state index is -1.24. The lowest BCUT2D eigenvalue weighted by Gasteiger charge is -2.24. The first-order valence-electron chi connectivity index (χ1n) is 10.3. The van der Waals surface area contributed by atoms with Crippen LogP contribution in [0.2, 0.25) is 5.15 Å². The van der Waals surface area contributed by atoms with Crippen LogP contribution >= 0.6 is 11.6 Å². The van der Waals surface area contributed by atoms with Crippen molar-refractivity contribution in [2.24, 2.45) is 0 Å². The number of pyridine rings is 1. The molecule has 1 saturated heterocycles. The molecule has 4 rings (SSSR count). The molecule has 2 atom stereocenters. The summed E-state index contributed by atoms with van der Waals surface area (Å²) in [4.78, 5) is 29.3.